The summed E-state index contributed by atoms with van der Waals surface area (Å²) in [6.07, 6.45) is 3.49. The number of anilines is 1. The molecule has 0 saturated carbocycles. The highest BCUT2D eigenvalue weighted by molar-refractivity contribution is 5.80. The van der Waals surface area contributed by atoms with E-state index in [0.717, 1.165) is 28.5 Å². The molecular formula is C17H14N4. The molecule has 0 bridgehead atoms. The Morgan fingerprint density at radius 2 is 1.67 bits per heavy atom. The molecule has 4 heteroatoms. The van der Waals surface area contributed by atoms with Crippen molar-refractivity contribution in [3.8, 4) is 11.4 Å². The maximum absolute atomic E-state index is 5.65. The number of pyridine rings is 2. The summed E-state index contributed by atoms with van der Waals surface area (Å²) >= 11 is 0. The van der Waals surface area contributed by atoms with E-state index >= 15 is 0 Å². The predicted molar refractivity (Wildman–Crippen MR) is 85.6 cm³/mol. The summed E-state index contributed by atoms with van der Waals surface area (Å²) in [5.41, 5.74) is 9.68. The van der Waals surface area contributed by atoms with Crippen LogP contribution in [0.25, 0.3) is 11.4 Å². The zero-order valence-electron chi connectivity index (χ0n) is 11.3. The Bertz CT molecular complexity index is 749. The minimum Gasteiger partial charge on any atom is -0.399 e. The Morgan fingerprint density at radius 1 is 0.857 bits per heavy atom. The van der Waals surface area contributed by atoms with Crippen LogP contribution in [0.5, 0.6) is 0 Å². The first-order valence-corrected chi connectivity index (χ1v) is 6.59. The minimum atomic E-state index is 0.726. The van der Waals surface area contributed by atoms with E-state index in [1.165, 1.54) is 0 Å². The number of hydrogen-bond acceptors (Lipinski definition) is 4. The van der Waals surface area contributed by atoms with Gasteiger partial charge in [-0.1, -0.05) is 12.1 Å². The highest BCUT2D eigenvalue weighted by Gasteiger charge is 2.00. The van der Waals surface area contributed by atoms with Crippen molar-refractivity contribution in [2.45, 2.75) is 0 Å². The lowest BCUT2D eigenvalue weighted by molar-refractivity contribution is 1.24. The van der Waals surface area contributed by atoms with Crippen molar-refractivity contribution in [3.63, 3.8) is 0 Å². The Labute approximate surface area is 123 Å². The number of aromatic nitrogens is 2. The van der Waals surface area contributed by atoms with Crippen LogP contribution in [0, 0.1) is 0 Å². The molecule has 2 aromatic heterocycles. The zero-order chi connectivity index (χ0) is 14.5. The van der Waals surface area contributed by atoms with E-state index in [1.807, 2.05) is 60.7 Å². The fraction of sp³-hybridized carbons (Fsp3) is 0. The standard InChI is InChI=1S/C17H14N4/c18-13-7-9-14(10-8-13)20-12-15-4-3-6-17(21-15)16-5-1-2-11-19-16/h1-12H,18H2. The van der Waals surface area contributed by atoms with Crippen LogP contribution in [0.15, 0.2) is 71.9 Å². The van der Waals surface area contributed by atoms with Gasteiger partial charge in [0.15, 0.2) is 0 Å². The van der Waals surface area contributed by atoms with Crippen molar-refractivity contribution in [3.05, 3.63) is 72.6 Å². The second-order valence-electron chi connectivity index (χ2n) is 4.51. The van der Waals surface area contributed by atoms with Crippen molar-refractivity contribution < 1.29 is 0 Å². The lowest BCUT2D eigenvalue weighted by Gasteiger charge is -2.00. The molecule has 0 unspecified atom stereocenters. The number of hydrogen-bond donors (Lipinski definition) is 1. The van der Waals surface area contributed by atoms with Crippen LogP contribution in [-0.4, -0.2) is 16.2 Å². The Kier molecular flexibility index (Phi) is 3.69. The summed E-state index contributed by atoms with van der Waals surface area (Å²) in [5.74, 6) is 0. The monoisotopic (exact) mass is 274 g/mol. The highest BCUT2D eigenvalue weighted by Crippen LogP contribution is 2.15. The van der Waals surface area contributed by atoms with E-state index in [2.05, 4.69) is 15.0 Å². The first-order chi connectivity index (χ1) is 10.3. The van der Waals surface area contributed by atoms with Gasteiger partial charge in [-0.25, -0.2) is 4.98 Å². The fourth-order valence-electron chi connectivity index (χ4n) is 1.88. The highest BCUT2D eigenvalue weighted by atomic mass is 14.8. The van der Waals surface area contributed by atoms with Crippen LogP contribution in [0.2, 0.25) is 0 Å². The summed E-state index contributed by atoms with van der Waals surface area (Å²) in [5, 5.41) is 0. The lowest BCUT2D eigenvalue weighted by atomic mass is 10.2. The van der Waals surface area contributed by atoms with Crippen molar-refractivity contribution in [2.75, 3.05) is 5.73 Å². The number of nitrogens with two attached hydrogens (primary N) is 1. The molecule has 0 radical (unpaired) electrons. The van der Waals surface area contributed by atoms with E-state index < -0.39 is 0 Å². The third-order valence-electron chi connectivity index (χ3n) is 2.94. The summed E-state index contributed by atoms with van der Waals surface area (Å²) in [6.45, 7) is 0. The largest absolute Gasteiger partial charge is 0.399 e. The Morgan fingerprint density at radius 3 is 2.43 bits per heavy atom. The average molecular weight is 274 g/mol. The van der Waals surface area contributed by atoms with E-state index in [4.69, 9.17) is 5.73 Å². The molecule has 1 aromatic carbocycles. The first-order valence-electron chi connectivity index (χ1n) is 6.59. The Hall–Kier alpha value is -3.01. The van der Waals surface area contributed by atoms with Gasteiger partial charge in [0.25, 0.3) is 0 Å². The third kappa shape index (κ3) is 3.30. The van der Waals surface area contributed by atoms with Gasteiger partial charge in [0.05, 0.1) is 29.0 Å². The number of benzene rings is 1. The molecule has 2 N–H and O–H groups in total. The van der Waals surface area contributed by atoms with Gasteiger partial charge in [-0.2, -0.15) is 0 Å². The van der Waals surface area contributed by atoms with Crippen molar-refractivity contribution in [1.29, 1.82) is 0 Å². The molecule has 0 aliphatic carbocycles. The molecule has 0 fully saturated rings. The quantitative estimate of drug-likeness (QED) is 0.587. The molecule has 4 nitrogen and oxygen atoms in total. The van der Waals surface area contributed by atoms with Crippen LogP contribution in [-0.2, 0) is 0 Å². The van der Waals surface area contributed by atoms with Gasteiger partial charge in [-0.15, -0.1) is 0 Å². The third-order valence-corrected chi connectivity index (χ3v) is 2.94. The molecule has 0 atom stereocenters. The summed E-state index contributed by atoms with van der Waals surface area (Å²) in [4.78, 5) is 13.2. The maximum atomic E-state index is 5.65. The van der Waals surface area contributed by atoms with Crippen LogP contribution < -0.4 is 5.73 Å². The van der Waals surface area contributed by atoms with Gasteiger partial charge < -0.3 is 5.73 Å². The molecular weight excluding hydrogens is 260 g/mol. The van der Waals surface area contributed by atoms with Crippen molar-refractivity contribution >= 4 is 17.6 Å². The van der Waals surface area contributed by atoms with E-state index in [-0.39, 0.29) is 0 Å². The lowest BCUT2D eigenvalue weighted by Crippen LogP contribution is -1.91. The van der Waals surface area contributed by atoms with Gasteiger partial charge in [0.2, 0.25) is 0 Å². The molecule has 102 valence electrons. The van der Waals surface area contributed by atoms with Crippen molar-refractivity contribution in [1.82, 2.24) is 9.97 Å². The number of aliphatic imine (C=N–C) groups is 1. The van der Waals surface area contributed by atoms with Crippen molar-refractivity contribution in [2.24, 2.45) is 4.99 Å². The van der Waals surface area contributed by atoms with Crippen LogP contribution in [0.3, 0.4) is 0 Å². The normalized spacial score (nSPS) is 10.9. The minimum absolute atomic E-state index is 0.726. The van der Waals surface area contributed by atoms with Gasteiger partial charge in [0.1, 0.15) is 0 Å². The molecule has 3 aromatic rings. The van der Waals surface area contributed by atoms with Crippen LogP contribution >= 0.6 is 0 Å². The smallest absolute Gasteiger partial charge is 0.0894 e. The SMILES string of the molecule is Nc1ccc(N=Cc2cccc(-c3ccccn3)n2)cc1. The van der Waals surface area contributed by atoms with E-state index in [9.17, 15) is 0 Å². The van der Waals surface area contributed by atoms with Gasteiger partial charge in [0, 0.05) is 11.9 Å². The number of nitrogens with zero attached hydrogens (tertiary/aromatic N) is 3. The molecule has 0 spiro atoms. The summed E-state index contributed by atoms with van der Waals surface area (Å²) < 4.78 is 0. The van der Waals surface area contributed by atoms with Crippen LogP contribution in [0.1, 0.15) is 5.69 Å². The second kappa shape index (κ2) is 5.96. The predicted octanol–water partition coefficient (Wildman–Crippen LogP) is 3.48. The molecule has 21 heavy (non-hydrogen) atoms. The molecule has 3 rings (SSSR count). The fourth-order valence-corrected chi connectivity index (χ4v) is 1.88. The maximum Gasteiger partial charge on any atom is 0.0894 e. The summed E-state index contributed by atoms with van der Waals surface area (Å²) in [7, 11) is 0. The van der Waals surface area contributed by atoms with E-state index in [0.29, 0.717) is 0 Å². The average Bonchev–Trinajstić information content (AvgIpc) is 2.55. The molecule has 0 amide bonds. The Balaban J connectivity index is 1.85. The molecule has 0 aliphatic rings. The van der Waals surface area contributed by atoms with Gasteiger partial charge in [-0.3, -0.25) is 9.98 Å². The van der Waals surface area contributed by atoms with Crippen LogP contribution in [0.4, 0.5) is 11.4 Å². The zero-order valence-corrected chi connectivity index (χ0v) is 11.3. The summed E-state index contributed by atoms with van der Waals surface area (Å²) in [6, 6.07) is 18.9. The van der Waals surface area contributed by atoms with Gasteiger partial charge in [-0.05, 0) is 48.5 Å². The number of rotatable bonds is 3. The topological polar surface area (TPSA) is 64.2 Å². The number of nitrogen functional groups attached to an aromatic ring is 1. The first kappa shape index (κ1) is 13.0. The molecule has 0 aliphatic heterocycles. The molecule has 0 saturated heterocycles. The van der Waals surface area contributed by atoms with E-state index in [1.54, 1.807) is 12.4 Å². The second-order valence-corrected chi connectivity index (χ2v) is 4.51. The van der Waals surface area contributed by atoms with Gasteiger partial charge >= 0.3 is 0 Å². The molecule has 2 heterocycles.